The van der Waals surface area contributed by atoms with Crippen LogP contribution in [-0.2, 0) is 15.2 Å². The predicted molar refractivity (Wildman–Crippen MR) is 59.3 cm³/mol. The zero-order chi connectivity index (χ0) is 13.1. The number of carbonyl (C=O) groups is 1. The minimum Gasteiger partial charge on any atom is -0.480 e. The highest BCUT2D eigenvalue weighted by Gasteiger charge is 2.11. The summed E-state index contributed by atoms with van der Waals surface area (Å²) in [4.78, 5) is 10.6. The molecule has 0 aliphatic carbocycles. The van der Waals surface area contributed by atoms with Crippen molar-refractivity contribution in [3.8, 4) is 5.75 Å². The van der Waals surface area contributed by atoms with Gasteiger partial charge in [-0.15, -0.1) is 0 Å². The molecule has 1 aromatic carbocycles. The molecule has 0 aliphatic heterocycles. The standard InChI is InChI=1S/C9H11NO6S/c1-6(9(11)12)10-7-3-2-4-8(5-7)16-17(13,14)15/h2-6,10H,1H3,(H,11,12)(H,13,14,15)/t6-/m0/s1. The molecule has 0 spiro atoms. The van der Waals surface area contributed by atoms with Crippen LogP contribution in [0.3, 0.4) is 0 Å². The smallest absolute Gasteiger partial charge is 0.446 e. The fourth-order valence-electron chi connectivity index (χ4n) is 1.07. The summed E-state index contributed by atoms with van der Waals surface area (Å²) in [5, 5.41) is 11.3. The summed E-state index contributed by atoms with van der Waals surface area (Å²) < 4.78 is 33.6. The average Bonchev–Trinajstić information content (AvgIpc) is 2.15. The molecule has 0 saturated carbocycles. The Morgan fingerprint density at radius 3 is 2.65 bits per heavy atom. The van der Waals surface area contributed by atoms with Crippen LogP contribution >= 0.6 is 0 Å². The van der Waals surface area contributed by atoms with Crippen molar-refractivity contribution >= 4 is 22.1 Å². The summed E-state index contributed by atoms with van der Waals surface area (Å²) in [6, 6.07) is 4.72. The third kappa shape index (κ3) is 4.70. The van der Waals surface area contributed by atoms with Gasteiger partial charge in [-0.3, -0.25) is 9.35 Å². The van der Waals surface area contributed by atoms with Crippen LogP contribution in [0, 0.1) is 0 Å². The number of nitrogens with one attached hydrogen (secondary N) is 1. The molecule has 94 valence electrons. The molecule has 0 amide bonds. The van der Waals surface area contributed by atoms with Crippen LogP contribution in [-0.4, -0.2) is 30.1 Å². The lowest BCUT2D eigenvalue weighted by atomic mass is 10.2. The Labute approximate surface area is 98.0 Å². The Balaban J connectivity index is 2.83. The molecule has 0 bridgehead atoms. The molecule has 7 nitrogen and oxygen atoms in total. The van der Waals surface area contributed by atoms with Crippen LogP contribution in [0.25, 0.3) is 0 Å². The highest BCUT2D eigenvalue weighted by molar-refractivity contribution is 7.81. The van der Waals surface area contributed by atoms with Gasteiger partial charge in [-0.05, 0) is 19.1 Å². The van der Waals surface area contributed by atoms with Gasteiger partial charge in [0.25, 0.3) is 0 Å². The van der Waals surface area contributed by atoms with Crippen molar-refractivity contribution in [2.24, 2.45) is 0 Å². The molecular formula is C9H11NO6S. The highest BCUT2D eigenvalue weighted by atomic mass is 32.3. The lowest BCUT2D eigenvalue weighted by Gasteiger charge is -2.11. The lowest BCUT2D eigenvalue weighted by molar-refractivity contribution is -0.137. The van der Waals surface area contributed by atoms with E-state index in [1.807, 2.05) is 0 Å². The number of hydrogen-bond donors (Lipinski definition) is 3. The van der Waals surface area contributed by atoms with Crippen molar-refractivity contribution in [3.05, 3.63) is 24.3 Å². The van der Waals surface area contributed by atoms with Gasteiger partial charge in [-0.25, -0.2) is 0 Å². The number of hydrogen-bond acceptors (Lipinski definition) is 5. The highest BCUT2D eigenvalue weighted by Crippen LogP contribution is 2.19. The van der Waals surface area contributed by atoms with Crippen molar-refractivity contribution in [3.63, 3.8) is 0 Å². The van der Waals surface area contributed by atoms with Crippen LogP contribution < -0.4 is 9.50 Å². The normalized spacial score (nSPS) is 12.8. The van der Waals surface area contributed by atoms with E-state index in [1.165, 1.54) is 31.2 Å². The van der Waals surface area contributed by atoms with Crippen molar-refractivity contribution in [1.82, 2.24) is 0 Å². The van der Waals surface area contributed by atoms with Gasteiger partial charge in [-0.2, -0.15) is 8.42 Å². The Bertz CT molecular complexity index is 512. The molecule has 0 unspecified atom stereocenters. The van der Waals surface area contributed by atoms with Gasteiger partial charge in [0.2, 0.25) is 0 Å². The van der Waals surface area contributed by atoms with Gasteiger partial charge in [0.15, 0.2) is 0 Å². The van der Waals surface area contributed by atoms with E-state index in [0.29, 0.717) is 5.69 Å². The third-order valence-corrected chi connectivity index (χ3v) is 2.19. The molecule has 8 heteroatoms. The molecular weight excluding hydrogens is 250 g/mol. The van der Waals surface area contributed by atoms with E-state index in [4.69, 9.17) is 9.66 Å². The van der Waals surface area contributed by atoms with E-state index in [0.717, 1.165) is 0 Å². The SMILES string of the molecule is C[C@H](Nc1cccc(OS(=O)(=O)O)c1)C(=O)O. The summed E-state index contributed by atoms with van der Waals surface area (Å²) in [6.07, 6.45) is 0. The number of aliphatic carboxylic acids is 1. The average molecular weight is 261 g/mol. The van der Waals surface area contributed by atoms with Crippen LogP contribution in [0.2, 0.25) is 0 Å². The van der Waals surface area contributed by atoms with Gasteiger partial charge in [0.05, 0.1) is 0 Å². The molecule has 0 aromatic heterocycles. The largest absolute Gasteiger partial charge is 0.480 e. The lowest BCUT2D eigenvalue weighted by Crippen LogP contribution is -2.25. The van der Waals surface area contributed by atoms with Crippen molar-refractivity contribution in [1.29, 1.82) is 0 Å². The van der Waals surface area contributed by atoms with Gasteiger partial charge >= 0.3 is 16.4 Å². The van der Waals surface area contributed by atoms with E-state index < -0.39 is 22.4 Å². The summed E-state index contributed by atoms with van der Waals surface area (Å²) >= 11 is 0. The quantitative estimate of drug-likeness (QED) is 0.670. The van der Waals surface area contributed by atoms with Crippen LogP contribution in [0.4, 0.5) is 5.69 Å². The molecule has 17 heavy (non-hydrogen) atoms. The minimum atomic E-state index is -4.58. The molecule has 0 saturated heterocycles. The maximum absolute atomic E-state index is 10.6. The summed E-state index contributed by atoms with van der Waals surface area (Å²) in [7, 11) is -4.58. The molecule has 0 heterocycles. The van der Waals surface area contributed by atoms with Crippen molar-refractivity contribution < 1.29 is 27.1 Å². The molecule has 1 rings (SSSR count). The Morgan fingerprint density at radius 1 is 1.47 bits per heavy atom. The monoisotopic (exact) mass is 261 g/mol. The number of anilines is 1. The minimum absolute atomic E-state index is 0.116. The summed E-state index contributed by atoms with van der Waals surface area (Å²) in [5.41, 5.74) is 0.362. The first-order valence-corrected chi connectivity index (χ1v) is 5.91. The maximum atomic E-state index is 10.6. The zero-order valence-corrected chi connectivity index (χ0v) is 9.64. The van der Waals surface area contributed by atoms with Gasteiger partial charge < -0.3 is 14.6 Å². The molecule has 1 aromatic rings. The Kier molecular flexibility index (Phi) is 3.92. The topological polar surface area (TPSA) is 113 Å². The van der Waals surface area contributed by atoms with E-state index in [-0.39, 0.29) is 5.75 Å². The predicted octanol–water partition coefficient (Wildman–Crippen LogP) is 0.753. The maximum Gasteiger partial charge on any atom is 0.446 e. The van der Waals surface area contributed by atoms with E-state index >= 15 is 0 Å². The first kappa shape index (κ1) is 13.3. The fourth-order valence-corrected chi connectivity index (χ4v) is 1.42. The second kappa shape index (κ2) is 5.02. The van der Waals surface area contributed by atoms with Gasteiger partial charge in [0, 0.05) is 11.8 Å². The summed E-state index contributed by atoms with van der Waals surface area (Å²) in [5.74, 6) is -1.17. The second-order valence-corrected chi connectivity index (χ2v) is 4.27. The van der Waals surface area contributed by atoms with Crippen molar-refractivity contribution in [2.75, 3.05) is 5.32 Å². The summed E-state index contributed by atoms with van der Waals surface area (Å²) in [6.45, 7) is 1.43. The Morgan fingerprint density at radius 2 is 2.12 bits per heavy atom. The fraction of sp³-hybridized carbons (Fsp3) is 0.222. The number of benzene rings is 1. The first-order valence-electron chi connectivity index (χ1n) is 4.54. The number of carboxylic acids is 1. The van der Waals surface area contributed by atoms with E-state index in [9.17, 15) is 13.2 Å². The van der Waals surface area contributed by atoms with Gasteiger partial charge in [0.1, 0.15) is 11.8 Å². The number of carboxylic acid groups (broad SMARTS) is 1. The van der Waals surface area contributed by atoms with E-state index in [2.05, 4.69) is 9.50 Å². The zero-order valence-electron chi connectivity index (χ0n) is 8.82. The molecule has 0 radical (unpaired) electrons. The third-order valence-electron chi connectivity index (χ3n) is 1.79. The second-order valence-electron chi connectivity index (χ2n) is 3.24. The number of rotatable bonds is 5. The molecule has 0 aliphatic rings. The Hall–Kier alpha value is -1.80. The van der Waals surface area contributed by atoms with Gasteiger partial charge in [-0.1, -0.05) is 6.07 Å². The molecule has 1 atom stereocenters. The van der Waals surface area contributed by atoms with Crippen LogP contribution in [0.15, 0.2) is 24.3 Å². The molecule has 3 N–H and O–H groups in total. The van der Waals surface area contributed by atoms with Crippen LogP contribution in [0.1, 0.15) is 6.92 Å². The van der Waals surface area contributed by atoms with Crippen LogP contribution in [0.5, 0.6) is 5.75 Å². The van der Waals surface area contributed by atoms with E-state index in [1.54, 1.807) is 0 Å². The first-order chi connectivity index (χ1) is 7.78. The van der Waals surface area contributed by atoms with Crippen molar-refractivity contribution in [2.45, 2.75) is 13.0 Å². The molecule has 0 fully saturated rings.